The highest BCUT2D eigenvalue weighted by Gasteiger charge is 2.26. The van der Waals surface area contributed by atoms with Gasteiger partial charge in [0.25, 0.3) is 0 Å². The number of benzene rings is 3. The lowest BCUT2D eigenvalue weighted by molar-refractivity contribution is 0.0367. The zero-order valence-corrected chi connectivity index (χ0v) is 17.2. The highest BCUT2D eigenvalue weighted by Crippen LogP contribution is 2.33. The Morgan fingerprint density at radius 3 is 2.16 bits per heavy atom. The Bertz CT molecular complexity index is 1300. The molecule has 0 amide bonds. The number of furan rings is 1. The molecule has 5 heteroatoms. The molecule has 0 aliphatic heterocycles. The highest BCUT2D eigenvalue weighted by molar-refractivity contribution is 5.89. The molecular weight excluding hydrogens is 400 g/mol. The summed E-state index contributed by atoms with van der Waals surface area (Å²) in [5.41, 5.74) is 3.86. The summed E-state index contributed by atoms with van der Waals surface area (Å²) in [4.78, 5) is 17.6. The van der Waals surface area contributed by atoms with Crippen molar-refractivity contribution < 1.29 is 13.9 Å². The highest BCUT2D eigenvalue weighted by atomic mass is 16.5. The number of nitrogens with zero attached hydrogens (tertiary/aromatic N) is 2. The summed E-state index contributed by atoms with van der Waals surface area (Å²) in [5.74, 6) is 0.307. The van der Waals surface area contributed by atoms with Crippen LogP contribution in [-0.4, -0.2) is 15.5 Å². The van der Waals surface area contributed by atoms with Crippen LogP contribution in [0.5, 0.6) is 0 Å². The Labute approximate surface area is 185 Å². The second kappa shape index (κ2) is 8.78. The third kappa shape index (κ3) is 3.84. The number of hydrogen-bond donors (Lipinski definition) is 0. The smallest absolute Gasteiger partial charge is 0.342 e. The fourth-order valence-corrected chi connectivity index (χ4v) is 3.67. The molecule has 0 saturated heterocycles. The van der Waals surface area contributed by atoms with Gasteiger partial charge in [-0.2, -0.15) is 0 Å². The van der Waals surface area contributed by atoms with Gasteiger partial charge in [-0.3, -0.25) is 4.57 Å². The molecule has 3 aromatic carbocycles. The van der Waals surface area contributed by atoms with Gasteiger partial charge in [-0.05, 0) is 23.8 Å². The average Bonchev–Trinajstić information content (AvgIpc) is 3.55. The summed E-state index contributed by atoms with van der Waals surface area (Å²) in [6.07, 6.45) is 3.95. The van der Waals surface area contributed by atoms with Gasteiger partial charge in [-0.15, -0.1) is 0 Å². The third-order valence-electron chi connectivity index (χ3n) is 5.19. The fraction of sp³-hybridized carbons (Fsp3) is 0.0370. The zero-order valence-electron chi connectivity index (χ0n) is 17.2. The minimum Gasteiger partial charge on any atom is -0.472 e. The van der Waals surface area contributed by atoms with E-state index in [1.165, 1.54) is 12.5 Å². The van der Waals surface area contributed by atoms with Gasteiger partial charge < -0.3 is 9.15 Å². The molecule has 5 nitrogen and oxygen atoms in total. The van der Waals surface area contributed by atoms with Gasteiger partial charge >= 0.3 is 5.97 Å². The summed E-state index contributed by atoms with van der Waals surface area (Å²) < 4.78 is 13.1. The van der Waals surface area contributed by atoms with Crippen LogP contribution in [0.3, 0.4) is 0 Å². The van der Waals surface area contributed by atoms with Crippen molar-refractivity contribution in [3.05, 3.63) is 133 Å². The summed E-state index contributed by atoms with van der Waals surface area (Å²) in [6.45, 7) is 0. The summed E-state index contributed by atoms with van der Waals surface area (Å²) in [7, 11) is 0. The first kappa shape index (κ1) is 19.6. The Morgan fingerprint density at radius 1 is 0.844 bits per heavy atom. The van der Waals surface area contributed by atoms with Crippen molar-refractivity contribution in [2.75, 3.05) is 0 Å². The second-order valence-electron chi connectivity index (χ2n) is 7.25. The van der Waals surface area contributed by atoms with E-state index >= 15 is 0 Å². The van der Waals surface area contributed by atoms with Crippen molar-refractivity contribution in [3.8, 4) is 17.1 Å². The second-order valence-corrected chi connectivity index (χ2v) is 7.25. The van der Waals surface area contributed by atoms with Gasteiger partial charge in [0.2, 0.25) is 0 Å². The summed E-state index contributed by atoms with van der Waals surface area (Å²) >= 11 is 0. The van der Waals surface area contributed by atoms with E-state index in [1.807, 2.05) is 95.6 Å². The van der Waals surface area contributed by atoms with E-state index in [1.54, 1.807) is 12.3 Å². The molecule has 1 atom stereocenters. The fourth-order valence-electron chi connectivity index (χ4n) is 3.67. The molecule has 32 heavy (non-hydrogen) atoms. The largest absolute Gasteiger partial charge is 0.472 e. The molecular formula is C27H20N2O3. The maximum atomic E-state index is 12.9. The molecule has 0 spiro atoms. The van der Waals surface area contributed by atoms with Gasteiger partial charge in [-0.1, -0.05) is 78.9 Å². The molecule has 0 fully saturated rings. The van der Waals surface area contributed by atoms with Crippen molar-refractivity contribution >= 4 is 5.97 Å². The summed E-state index contributed by atoms with van der Waals surface area (Å²) in [5, 5.41) is 0. The van der Waals surface area contributed by atoms with Crippen molar-refractivity contribution in [3.63, 3.8) is 0 Å². The molecule has 1 unspecified atom stereocenters. The number of ether oxygens (including phenoxy) is 1. The lowest BCUT2D eigenvalue weighted by atomic mass is 10.1. The molecule has 0 bridgehead atoms. The monoisotopic (exact) mass is 420 g/mol. The first-order valence-electron chi connectivity index (χ1n) is 10.3. The van der Waals surface area contributed by atoms with Crippen LogP contribution >= 0.6 is 0 Å². The number of hydrogen-bond acceptors (Lipinski definition) is 4. The standard InChI is InChI=1S/C27H20N2O3/c30-27(22-16-17-31-19-22)32-25(20-10-4-1-5-11-20)24-18-28-26(21-12-6-2-7-13-21)29(24)23-14-8-3-9-15-23/h1-19,25H. The van der Waals surface area contributed by atoms with Crippen molar-refractivity contribution in [1.29, 1.82) is 0 Å². The maximum absolute atomic E-state index is 12.9. The number of para-hydroxylation sites is 1. The molecule has 2 aromatic heterocycles. The van der Waals surface area contributed by atoms with Crippen LogP contribution in [0.25, 0.3) is 17.1 Å². The number of esters is 1. The number of imidazole rings is 1. The Hall–Kier alpha value is -4.38. The molecule has 2 heterocycles. The van der Waals surface area contributed by atoms with Crippen LogP contribution in [0.15, 0.2) is 120 Å². The van der Waals surface area contributed by atoms with E-state index in [4.69, 9.17) is 14.1 Å². The van der Waals surface area contributed by atoms with Crippen LogP contribution in [-0.2, 0) is 4.74 Å². The third-order valence-corrected chi connectivity index (χ3v) is 5.19. The lowest BCUT2D eigenvalue weighted by Gasteiger charge is -2.21. The van der Waals surface area contributed by atoms with E-state index in [0.29, 0.717) is 5.56 Å². The van der Waals surface area contributed by atoms with Crippen LogP contribution in [0.1, 0.15) is 27.7 Å². The maximum Gasteiger partial charge on any atom is 0.342 e. The topological polar surface area (TPSA) is 57.3 Å². The lowest BCUT2D eigenvalue weighted by Crippen LogP contribution is -2.16. The zero-order chi connectivity index (χ0) is 21.8. The first-order valence-corrected chi connectivity index (χ1v) is 10.3. The first-order chi connectivity index (χ1) is 15.8. The Balaban J connectivity index is 1.67. The van der Waals surface area contributed by atoms with Gasteiger partial charge in [0.05, 0.1) is 23.7 Å². The summed E-state index contributed by atoms with van der Waals surface area (Å²) in [6, 6.07) is 31.2. The quantitative estimate of drug-likeness (QED) is 0.313. The van der Waals surface area contributed by atoms with Gasteiger partial charge in [0, 0.05) is 11.3 Å². The van der Waals surface area contributed by atoms with Gasteiger partial charge in [0.15, 0.2) is 6.10 Å². The molecule has 0 saturated carbocycles. The molecule has 156 valence electrons. The van der Waals surface area contributed by atoms with Crippen LogP contribution in [0, 0.1) is 0 Å². The predicted octanol–water partition coefficient (Wildman–Crippen LogP) is 6.08. The predicted molar refractivity (Wildman–Crippen MR) is 121 cm³/mol. The SMILES string of the molecule is O=C(OC(c1ccccc1)c1cnc(-c2ccccc2)n1-c1ccccc1)c1ccoc1. The minimum atomic E-state index is -0.663. The van der Waals surface area contributed by atoms with Crippen molar-refractivity contribution in [2.24, 2.45) is 0 Å². The normalized spacial score (nSPS) is 11.8. The Morgan fingerprint density at radius 2 is 1.50 bits per heavy atom. The van der Waals surface area contributed by atoms with Gasteiger partial charge in [-0.25, -0.2) is 9.78 Å². The van der Waals surface area contributed by atoms with Crippen LogP contribution < -0.4 is 0 Å². The van der Waals surface area contributed by atoms with Crippen LogP contribution in [0.4, 0.5) is 0 Å². The Kier molecular flexibility index (Phi) is 5.37. The molecule has 0 N–H and O–H groups in total. The number of carbonyl (C=O) groups excluding carboxylic acids is 1. The van der Waals surface area contributed by atoms with E-state index < -0.39 is 12.1 Å². The van der Waals surface area contributed by atoms with E-state index in [-0.39, 0.29) is 0 Å². The molecule has 0 aliphatic rings. The van der Waals surface area contributed by atoms with E-state index in [0.717, 1.165) is 28.3 Å². The van der Waals surface area contributed by atoms with Crippen LogP contribution in [0.2, 0.25) is 0 Å². The molecule has 5 rings (SSSR count). The van der Waals surface area contributed by atoms with E-state index in [2.05, 4.69) is 0 Å². The molecule has 0 aliphatic carbocycles. The van der Waals surface area contributed by atoms with E-state index in [9.17, 15) is 4.79 Å². The number of aromatic nitrogens is 2. The molecule has 0 radical (unpaired) electrons. The average molecular weight is 420 g/mol. The minimum absolute atomic E-state index is 0.361. The van der Waals surface area contributed by atoms with Crippen molar-refractivity contribution in [1.82, 2.24) is 9.55 Å². The number of carbonyl (C=O) groups is 1. The molecule has 5 aromatic rings. The van der Waals surface area contributed by atoms with Gasteiger partial charge in [0.1, 0.15) is 12.1 Å². The van der Waals surface area contributed by atoms with Crippen molar-refractivity contribution in [2.45, 2.75) is 6.10 Å². The number of rotatable bonds is 6.